The molecule has 0 aliphatic heterocycles. The van der Waals surface area contributed by atoms with Crippen molar-refractivity contribution in [1.82, 2.24) is 4.90 Å². The number of para-hydroxylation sites is 1. The van der Waals surface area contributed by atoms with Gasteiger partial charge < -0.3 is 10.2 Å². The number of nitrogens with one attached hydrogen (secondary N) is 1. The third-order valence-electron chi connectivity index (χ3n) is 3.35. The van der Waals surface area contributed by atoms with Crippen molar-refractivity contribution in [3.63, 3.8) is 0 Å². The van der Waals surface area contributed by atoms with E-state index in [1.807, 2.05) is 24.3 Å². The molecule has 0 bridgehead atoms. The smallest absolute Gasteiger partial charge is 0.256 e. The first-order valence-electron chi connectivity index (χ1n) is 7.20. The van der Waals surface area contributed by atoms with Gasteiger partial charge in [0.15, 0.2) is 0 Å². The van der Waals surface area contributed by atoms with Gasteiger partial charge >= 0.3 is 0 Å². The first kappa shape index (κ1) is 14.5. The van der Waals surface area contributed by atoms with Crippen molar-refractivity contribution in [2.45, 2.75) is 32.7 Å². The number of hydrogen-bond donors (Lipinski definition) is 1. The quantitative estimate of drug-likeness (QED) is 0.806. The highest BCUT2D eigenvalue weighted by atomic mass is 16.2. The van der Waals surface area contributed by atoms with Crippen LogP contribution in [0.25, 0.3) is 0 Å². The molecular formula is C17H22N2O. The first-order chi connectivity index (χ1) is 9.61. The van der Waals surface area contributed by atoms with Gasteiger partial charge in [-0.25, -0.2) is 0 Å². The van der Waals surface area contributed by atoms with E-state index in [1.54, 1.807) is 4.90 Å². The summed E-state index contributed by atoms with van der Waals surface area (Å²) in [4.78, 5) is 14.5. The topological polar surface area (TPSA) is 32.3 Å². The third-order valence-corrected chi connectivity index (χ3v) is 3.35. The second kappa shape index (κ2) is 6.47. The van der Waals surface area contributed by atoms with E-state index in [0.717, 1.165) is 12.2 Å². The second-order valence-corrected chi connectivity index (χ2v) is 5.68. The minimum atomic E-state index is 0.0265. The molecule has 1 aromatic carbocycles. The van der Waals surface area contributed by atoms with Gasteiger partial charge in [0, 0.05) is 18.3 Å². The molecule has 20 heavy (non-hydrogen) atoms. The fraction of sp³-hybridized carbons (Fsp3) is 0.471. The van der Waals surface area contributed by atoms with Gasteiger partial charge in [-0.05, 0) is 44.7 Å². The molecule has 3 heteroatoms. The van der Waals surface area contributed by atoms with Crippen molar-refractivity contribution in [2.75, 3.05) is 18.4 Å². The van der Waals surface area contributed by atoms with Gasteiger partial charge in [-0.2, -0.15) is 0 Å². The van der Waals surface area contributed by atoms with Crippen LogP contribution >= 0.6 is 0 Å². The summed E-state index contributed by atoms with van der Waals surface area (Å²) >= 11 is 0. The van der Waals surface area contributed by atoms with E-state index in [4.69, 9.17) is 6.42 Å². The van der Waals surface area contributed by atoms with Gasteiger partial charge in [-0.1, -0.05) is 18.1 Å². The molecule has 3 nitrogen and oxygen atoms in total. The van der Waals surface area contributed by atoms with Gasteiger partial charge in [0.05, 0.1) is 12.1 Å². The fourth-order valence-electron chi connectivity index (χ4n) is 2.22. The number of hydrogen-bond acceptors (Lipinski definition) is 2. The number of terminal acetylenes is 1. The molecule has 1 aliphatic carbocycles. The number of rotatable bonds is 6. The molecule has 106 valence electrons. The van der Waals surface area contributed by atoms with E-state index in [1.165, 1.54) is 12.8 Å². The van der Waals surface area contributed by atoms with Crippen LogP contribution in [-0.4, -0.2) is 29.9 Å². The van der Waals surface area contributed by atoms with E-state index in [-0.39, 0.29) is 11.9 Å². The van der Waals surface area contributed by atoms with Gasteiger partial charge in [0.1, 0.15) is 0 Å². The zero-order chi connectivity index (χ0) is 14.5. The van der Waals surface area contributed by atoms with Crippen LogP contribution in [0.4, 0.5) is 5.69 Å². The Morgan fingerprint density at radius 2 is 2.15 bits per heavy atom. The van der Waals surface area contributed by atoms with Crippen LogP contribution in [0.2, 0.25) is 0 Å². The molecule has 0 radical (unpaired) electrons. The molecule has 1 N–H and O–H groups in total. The molecule has 2 rings (SSSR count). The Morgan fingerprint density at radius 1 is 1.45 bits per heavy atom. The van der Waals surface area contributed by atoms with E-state index >= 15 is 0 Å². The van der Waals surface area contributed by atoms with Crippen LogP contribution < -0.4 is 5.32 Å². The van der Waals surface area contributed by atoms with Crippen LogP contribution in [0.5, 0.6) is 0 Å². The van der Waals surface area contributed by atoms with Gasteiger partial charge in [-0.3, -0.25) is 4.79 Å². The number of amides is 1. The Kier molecular flexibility index (Phi) is 4.68. The average Bonchev–Trinajstić information content (AvgIpc) is 3.21. The van der Waals surface area contributed by atoms with E-state index < -0.39 is 0 Å². The Labute approximate surface area is 121 Å². The summed E-state index contributed by atoms with van der Waals surface area (Å²) in [6.45, 7) is 5.28. The summed E-state index contributed by atoms with van der Waals surface area (Å²) in [5.74, 6) is 3.26. The maximum atomic E-state index is 12.7. The number of nitrogens with zero attached hydrogens (tertiary/aromatic N) is 1. The van der Waals surface area contributed by atoms with Crippen molar-refractivity contribution in [3.05, 3.63) is 29.8 Å². The minimum absolute atomic E-state index is 0.0265. The molecular weight excluding hydrogens is 248 g/mol. The molecule has 0 unspecified atom stereocenters. The Hall–Kier alpha value is -1.95. The lowest BCUT2D eigenvalue weighted by Gasteiger charge is -2.22. The Morgan fingerprint density at radius 3 is 2.75 bits per heavy atom. The molecule has 1 saturated carbocycles. The number of carbonyl (C=O) groups excluding carboxylic acids is 1. The minimum Gasteiger partial charge on any atom is -0.382 e. The lowest BCUT2D eigenvalue weighted by atomic mass is 10.1. The van der Waals surface area contributed by atoms with Gasteiger partial charge in [0.2, 0.25) is 0 Å². The molecule has 0 spiro atoms. The predicted octanol–water partition coefficient (Wildman–Crippen LogP) is 2.99. The van der Waals surface area contributed by atoms with Crippen LogP contribution in [0, 0.1) is 18.3 Å². The lowest BCUT2D eigenvalue weighted by Crippen LogP contribution is -2.34. The summed E-state index contributed by atoms with van der Waals surface area (Å²) in [6, 6.07) is 7.92. The summed E-state index contributed by atoms with van der Waals surface area (Å²) < 4.78 is 0. The van der Waals surface area contributed by atoms with E-state index in [2.05, 4.69) is 25.1 Å². The second-order valence-electron chi connectivity index (χ2n) is 5.68. The van der Waals surface area contributed by atoms with Crippen molar-refractivity contribution in [2.24, 2.45) is 5.92 Å². The zero-order valence-corrected chi connectivity index (χ0v) is 12.2. The largest absolute Gasteiger partial charge is 0.382 e. The first-order valence-corrected chi connectivity index (χ1v) is 7.20. The summed E-state index contributed by atoms with van der Waals surface area (Å²) in [5.41, 5.74) is 1.59. The fourth-order valence-corrected chi connectivity index (χ4v) is 2.22. The standard InChI is InChI=1S/C17H22N2O/c1-4-11-19(12-14-9-10-14)17(20)15-7-5-6-8-16(15)18-13(2)3/h1,5-8,13-14,18H,9-12H2,2-3H3. The van der Waals surface area contributed by atoms with Gasteiger partial charge in [-0.15, -0.1) is 6.42 Å². The normalized spacial score (nSPS) is 13.9. The molecule has 0 heterocycles. The molecule has 1 aromatic rings. The third kappa shape index (κ3) is 3.77. The monoisotopic (exact) mass is 270 g/mol. The molecule has 0 saturated heterocycles. The molecule has 0 atom stereocenters. The maximum Gasteiger partial charge on any atom is 0.256 e. The van der Waals surface area contributed by atoms with Crippen LogP contribution in [0.15, 0.2) is 24.3 Å². The average molecular weight is 270 g/mol. The van der Waals surface area contributed by atoms with Crippen LogP contribution in [-0.2, 0) is 0 Å². The number of anilines is 1. The summed E-state index contributed by atoms with van der Waals surface area (Å²) in [6.07, 6.45) is 7.82. The lowest BCUT2D eigenvalue weighted by molar-refractivity contribution is 0.0770. The van der Waals surface area contributed by atoms with Crippen molar-refractivity contribution in [3.8, 4) is 12.3 Å². The Balaban J connectivity index is 2.19. The van der Waals surface area contributed by atoms with Crippen LogP contribution in [0.1, 0.15) is 37.0 Å². The summed E-state index contributed by atoms with van der Waals surface area (Å²) in [7, 11) is 0. The number of carbonyl (C=O) groups is 1. The zero-order valence-electron chi connectivity index (χ0n) is 12.2. The van der Waals surface area contributed by atoms with E-state index in [9.17, 15) is 4.79 Å². The van der Waals surface area contributed by atoms with Crippen molar-refractivity contribution >= 4 is 11.6 Å². The SMILES string of the molecule is C#CCN(CC1CC1)C(=O)c1ccccc1NC(C)C. The Bertz CT molecular complexity index is 512. The van der Waals surface area contributed by atoms with Crippen LogP contribution in [0.3, 0.4) is 0 Å². The highest BCUT2D eigenvalue weighted by Crippen LogP contribution is 2.30. The highest BCUT2D eigenvalue weighted by molar-refractivity contribution is 5.99. The molecule has 1 amide bonds. The maximum absolute atomic E-state index is 12.7. The van der Waals surface area contributed by atoms with Gasteiger partial charge in [0.25, 0.3) is 5.91 Å². The molecule has 1 aliphatic rings. The number of benzene rings is 1. The molecule has 1 fully saturated rings. The van der Waals surface area contributed by atoms with E-state index in [0.29, 0.717) is 18.0 Å². The van der Waals surface area contributed by atoms with Crippen molar-refractivity contribution < 1.29 is 4.79 Å². The summed E-state index contributed by atoms with van der Waals surface area (Å²) in [5, 5.41) is 3.32. The van der Waals surface area contributed by atoms with Crippen molar-refractivity contribution in [1.29, 1.82) is 0 Å². The highest BCUT2D eigenvalue weighted by Gasteiger charge is 2.27. The molecule has 0 aromatic heterocycles. The predicted molar refractivity (Wildman–Crippen MR) is 82.7 cm³/mol.